The van der Waals surface area contributed by atoms with Crippen LogP contribution in [0.5, 0.6) is 0 Å². The summed E-state index contributed by atoms with van der Waals surface area (Å²) in [5.41, 5.74) is 1.24. The summed E-state index contributed by atoms with van der Waals surface area (Å²) in [4.78, 5) is 2.24. The summed E-state index contributed by atoms with van der Waals surface area (Å²) in [7, 11) is 0. The molecule has 1 aliphatic rings. The lowest BCUT2D eigenvalue weighted by atomic mass is 10.2. The Morgan fingerprint density at radius 2 is 2.08 bits per heavy atom. The van der Waals surface area contributed by atoms with Crippen molar-refractivity contribution in [2.45, 2.75) is 12.5 Å². The molecule has 0 saturated carbocycles. The summed E-state index contributed by atoms with van der Waals surface area (Å²) in [5.74, 6) is 0. The van der Waals surface area contributed by atoms with Crippen LogP contribution < -0.4 is 4.90 Å². The summed E-state index contributed by atoms with van der Waals surface area (Å²) >= 11 is 0. The van der Waals surface area contributed by atoms with E-state index in [9.17, 15) is 0 Å². The number of anilines is 1. The van der Waals surface area contributed by atoms with E-state index in [4.69, 9.17) is 0 Å². The number of para-hydroxylation sites is 1. The van der Waals surface area contributed by atoms with Gasteiger partial charge in [-0.3, -0.25) is 0 Å². The lowest BCUT2D eigenvalue weighted by Crippen LogP contribution is -2.23. The summed E-state index contributed by atoms with van der Waals surface area (Å²) in [6.07, 6.45) is 7.37. The third-order valence-corrected chi connectivity index (χ3v) is 2.33. The van der Waals surface area contributed by atoms with Crippen molar-refractivity contribution in [3.63, 3.8) is 0 Å². The zero-order chi connectivity index (χ0) is 9.10. The van der Waals surface area contributed by atoms with Gasteiger partial charge in [0.2, 0.25) is 0 Å². The van der Waals surface area contributed by atoms with Crippen molar-refractivity contribution in [1.82, 2.24) is 0 Å². The zero-order valence-corrected chi connectivity index (χ0v) is 7.56. The Morgan fingerprint density at radius 3 is 2.77 bits per heavy atom. The van der Waals surface area contributed by atoms with Gasteiger partial charge in [0, 0.05) is 11.9 Å². The van der Waals surface area contributed by atoms with E-state index in [1.165, 1.54) is 5.69 Å². The summed E-state index contributed by atoms with van der Waals surface area (Å²) < 4.78 is 0. The second-order valence-corrected chi connectivity index (χ2v) is 3.17. The molecule has 0 aromatic heterocycles. The Labute approximate surface area is 79.0 Å². The van der Waals surface area contributed by atoms with Crippen molar-refractivity contribution >= 4 is 5.69 Å². The van der Waals surface area contributed by atoms with Crippen molar-refractivity contribution in [1.29, 1.82) is 0 Å². The van der Waals surface area contributed by atoms with Crippen molar-refractivity contribution in [3.8, 4) is 0 Å². The Bertz CT molecular complexity index is 313. The highest BCUT2D eigenvalue weighted by Crippen LogP contribution is 2.23. The van der Waals surface area contributed by atoms with Crippen LogP contribution in [0.25, 0.3) is 0 Å². The monoisotopic (exact) mass is 171 g/mol. The molecule has 0 N–H and O–H groups in total. The van der Waals surface area contributed by atoms with Gasteiger partial charge in [-0.05, 0) is 18.6 Å². The van der Waals surface area contributed by atoms with Gasteiger partial charge in [0.1, 0.15) is 0 Å². The molecule has 0 bridgehead atoms. The molecule has 1 heterocycles. The molecule has 0 saturated heterocycles. The molecule has 0 amide bonds. The maximum absolute atomic E-state index is 3.84. The van der Waals surface area contributed by atoms with Crippen molar-refractivity contribution < 1.29 is 0 Å². The molecule has 13 heavy (non-hydrogen) atoms. The minimum absolute atomic E-state index is 0.433. The smallest absolute Gasteiger partial charge is 0.0548 e. The predicted octanol–water partition coefficient (Wildman–Crippen LogP) is 2.97. The molecule has 1 unspecified atom stereocenters. The lowest BCUT2D eigenvalue weighted by Gasteiger charge is -2.22. The SMILES string of the molecule is C=CC1CC=CN1c1ccccc1. The van der Waals surface area contributed by atoms with Crippen LogP contribution in [-0.4, -0.2) is 6.04 Å². The molecule has 1 nitrogen and oxygen atoms in total. The van der Waals surface area contributed by atoms with Crippen LogP contribution in [0.4, 0.5) is 5.69 Å². The van der Waals surface area contributed by atoms with Crippen LogP contribution in [0.2, 0.25) is 0 Å². The quantitative estimate of drug-likeness (QED) is 0.618. The van der Waals surface area contributed by atoms with Crippen molar-refractivity contribution in [2.24, 2.45) is 0 Å². The highest BCUT2D eigenvalue weighted by atomic mass is 15.2. The molecule has 1 atom stereocenters. The van der Waals surface area contributed by atoms with Crippen LogP contribution in [0.15, 0.2) is 55.3 Å². The number of rotatable bonds is 2. The van der Waals surface area contributed by atoms with E-state index in [1.807, 2.05) is 12.1 Å². The van der Waals surface area contributed by atoms with Gasteiger partial charge in [0.25, 0.3) is 0 Å². The van der Waals surface area contributed by atoms with E-state index < -0.39 is 0 Å². The molecule has 1 aromatic rings. The first-order chi connectivity index (χ1) is 6.42. The molecule has 0 radical (unpaired) electrons. The summed E-state index contributed by atoms with van der Waals surface area (Å²) in [5, 5.41) is 0. The Hall–Kier alpha value is -1.50. The van der Waals surface area contributed by atoms with Crippen LogP contribution in [0.1, 0.15) is 6.42 Å². The average Bonchev–Trinajstić information content (AvgIpc) is 2.67. The molecular formula is C12H13N. The molecule has 1 aliphatic heterocycles. The van der Waals surface area contributed by atoms with E-state index in [0.717, 1.165) is 6.42 Å². The maximum atomic E-state index is 3.84. The molecule has 2 rings (SSSR count). The van der Waals surface area contributed by atoms with E-state index in [0.29, 0.717) is 6.04 Å². The molecule has 66 valence electrons. The second kappa shape index (κ2) is 3.48. The number of hydrogen-bond donors (Lipinski definition) is 0. The van der Waals surface area contributed by atoms with E-state index >= 15 is 0 Å². The Kier molecular flexibility index (Phi) is 2.17. The van der Waals surface area contributed by atoms with Gasteiger partial charge in [0.05, 0.1) is 6.04 Å². The molecular weight excluding hydrogens is 158 g/mol. The molecule has 1 heteroatoms. The van der Waals surface area contributed by atoms with E-state index in [-0.39, 0.29) is 0 Å². The van der Waals surface area contributed by atoms with E-state index in [2.05, 4.69) is 48.0 Å². The first-order valence-electron chi connectivity index (χ1n) is 4.54. The third-order valence-electron chi connectivity index (χ3n) is 2.33. The maximum Gasteiger partial charge on any atom is 0.0548 e. The largest absolute Gasteiger partial charge is 0.341 e. The van der Waals surface area contributed by atoms with Crippen LogP contribution in [-0.2, 0) is 0 Å². The Balaban J connectivity index is 2.26. The van der Waals surface area contributed by atoms with Crippen molar-refractivity contribution in [2.75, 3.05) is 4.90 Å². The van der Waals surface area contributed by atoms with Crippen LogP contribution in [0, 0.1) is 0 Å². The van der Waals surface area contributed by atoms with Gasteiger partial charge in [0.15, 0.2) is 0 Å². The van der Waals surface area contributed by atoms with Gasteiger partial charge in [-0.25, -0.2) is 0 Å². The molecule has 0 fully saturated rings. The number of hydrogen-bond acceptors (Lipinski definition) is 1. The second-order valence-electron chi connectivity index (χ2n) is 3.17. The molecule has 0 spiro atoms. The first kappa shape index (κ1) is 8.11. The van der Waals surface area contributed by atoms with Crippen molar-refractivity contribution in [3.05, 3.63) is 55.3 Å². The zero-order valence-electron chi connectivity index (χ0n) is 7.56. The number of nitrogens with zero attached hydrogens (tertiary/aromatic N) is 1. The van der Waals surface area contributed by atoms with Crippen LogP contribution in [0.3, 0.4) is 0 Å². The topological polar surface area (TPSA) is 3.24 Å². The highest BCUT2D eigenvalue weighted by Gasteiger charge is 2.16. The van der Waals surface area contributed by atoms with E-state index in [1.54, 1.807) is 0 Å². The predicted molar refractivity (Wildman–Crippen MR) is 56.7 cm³/mol. The van der Waals surface area contributed by atoms with Crippen LogP contribution >= 0.6 is 0 Å². The summed E-state index contributed by atoms with van der Waals surface area (Å²) in [6.45, 7) is 3.84. The normalized spacial score (nSPS) is 20.6. The highest BCUT2D eigenvalue weighted by molar-refractivity contribution is 5.52. The summed E-state index contributed by atoms with van der Waals surface area (Å²) in [6, 6.07) is 10.8. The first-order valence-corrected chi connectivity index (χ1v) is 4.54. The average molecular weight is 171 g/mol. The van der Waals surface area contributed by atoms with Gasteiger partial charge in [-0.2, -0.15) is 0 Å². The van der Waals surface area contributed by atoms with Gasteiger partial charge >= 0.3 is 0 Å². The Morgan fingerprint density at radius 1 is 1.31 bits per heavy atom. The van der Waals surface area contributed by atoms with Gasteiger partial charge in [-0.15, -0.1) is 6.58 Å². The standard InChI is InChI=1S/C12H13N/c1-2-11-9-6-10-13(11)12-7-4-3-5-8-12/h2-8,10-11H,1,9H2. The fraction of sp³-hybridized carbons (Fsp3) is 0.167. The third kappa shape index (κ3) is 1.50. The fourth-order valence-corrected chi connectivity index (χ4v) is 1.63. The lowest BCUT2D eigenvalue weighted by molar-refractivity contribution is 0.836. The molecule has 1 aromatic carbocycles. The fourth-order valence-electron chi connectivity index (χ4n) is 1.63. The van der Waals surface area contributed by atoms with Gasteiger partial charge in [-0.1, -0.05) is 30.4 Å². The minimum atomic E-state index is 0.433. The molecule has 0 aliphatic carbocycles. The number of benzene rings is 1. The minimum Gasteiger partial charge on any atom is -0.341 e. The van der Waals surface area contributed by atoms with Gasteiger partial charge < -0.3 is 4.90 Å².